The largest absolute Gasteiger partial charge is 0.242 e. The van der Waals surface area contributed by atoms with Crippen LogP contribution in [0.2, 0.25) is 0 Å². The minimum atomic E-state index is 1.04. The van der Waals surface area contributed by atoms with Gasteiger partial charge in [0, 0.05) is 11.1 Å². The Morgan fingerprint density at radius 2 is 1.55 bits per heavy atom. The third-order valence-corrected chi connectivity index (χ3v) is 4.29. The maximum absolute atomic E-state index is 4.46. The lowest BCUT2D eigenvalue weighted by molar-refractivity contribution is 1.33. The zero-order valence-electron chi connectivity index (χ0n) is 11.8. The van der Waals surface area contributed by atoms with Crippen molar-refractivity contribution in [1.82, 2.24) is 4.98 Å². The maximum atomic E-state index is 4.46. The Kier molecular flexibility index (Phi) is 3.30. The van der Waals surface area contributed by atoms with E-state index in [2.05, 4.69) is 54.9 Å². The molecule has 0 saturated carbocycles. The Morgan fingerprint density at radius 1 is 0.850 bits per heavy atom. The van der Waals surface area contributed by atoms with Crippen LogP contribution in [0.4, 0.5) is 0 Å². The van der Waals surface area contributed by atoms with Crippen molar-refractivity contribution in [2.75, 3.05) is 0 Å². The van der Waals surface area contributed by atoms with Crippen LogP contribution in [-0.4, -0.2) is 4.98 Å². The Bertz CT molecular complexity index is 847. The Labute approximate surface area is 123 Å². The standard InChI is InChI=1S/C18H15NS/c1-12-4-5-15(10-13(12)2)6-7-16-8-9-17-18(11-16)20-14(3)19-17/h4-5,8-11H,1-3H3. The second-order valence-corrected chi connectivity index (χ2v) is 6.20. The van der Waals surface area contributed by atoms with Crippen molar-refractivity contribution in [2.24, 2.45) is 0 Å². The van der Waals surface area contributed by atoms with E-state index in [0.717, 1.165) is 21.7 Å². The summed E-state index contributed by atoms with van der Waals surface area (Å²) in [6, 6.07) is 12.5. The molecule has 0 amide bonds. The van der Waals surface area contributed by atoms with Crippen molar-refractivity contribution >= 4 is 21.6 Å². The number of hydrogen-bond acceptors (Lipinski definition) is 2. The van der Waals surface area contributed by atoms with E-state index in [9.17, 15) is 0 Å². The molecule has 3 aromatic rings. The topological polar surface area (TPSA) is 12.9 Å². The van der Waals surface area contributed by atoms with Crippen LogP contribution in [0.25, 0.3) is 10.2 Å². The predicted octanol–water partition coefficient (Wildman–Crippen LogP) is 4.62. The number of aryl methyl sites for hydroxylation is 3. The summed E-state index contributed by atoms with van der Waals surface area (Å²) >= 11 is 1.71. The van der Waals surface area contributed by atoms with Crippen LogP contribution in [0, 0.1) is 32.6 Å². The van der Waals surface area contributed by atoms with Gasteiger partial charge in [0.15, 0.2) is 0 Å². The van der Waals surface area contributed by atoms with Gasteiger partial charge in [0.1, 0.15) is 0 Å². The van der Waals surface area contributed by atoms with Crippen LogP contribution in [-0.2, 0) is 0 Å². The summed E-state index contributed by atoms with van der Waals surface area (Å²) in [5.41, 5.74) is 5.75. The molecule has 0 atom stereocenters. The fraction of sp³-hybridized carbons (Fsp3) is 0.167. The highest BCUT2D eigenvalue weighted by Gasteiger charge is 2.00. The van der Waals surface area contributed by atoms with E-state index >= 15 is 0 Å². The number of rotatable bonds is 0. The fourth-order valence-electron chi connectivity index (χ4n) is 2.08. The first-order chi connectivity index (χ1) is 9.61. The Morgan fingerprint density at radius 3 is 2.30 bits per heavy atom. The summed E-state index contributed by atoms with van der Waals surface area (Å²) < 4.78 is 1.20. The lowest BCUT2D eigenvalue weighted by Gasteiger charge is -1.98. The minimum absolute atomic E-state index is 1.04. The summed E-state index contributed by atoms with van der Waals surface area (Å²) in [4.78, 5) is 4.46. The molecule has 2 aromatic carbocycles. The van der Waals surface area contributed by atoms with Gasteiger partial charge in [-0.25, -0.2) is 4.98 Å². The van der Waals surface area contributed by atoms with Gasteiger partial charge >= 0.3 is 0 Å². The molecular formula is C18H15NS. The van der Waals surface area contributed by atoms with Gasteiger partial charge in [-0.1, -0.05) is 17.9 Å². The van der Waals surface area contributed by atoms with Crippen LogP contribution in [0.5, 0.6) is 0 Å². The van der Waals surface area contributed by atoms with E-state index in [1.54, 1.807) is 11.3 Å². The molecule has 0 radical (unpaired) electrons. The fourth-order valence-corrected chi connectivity index (χ4v) is 2.95. The maximum Gasteiger partial charge on any atom is 0.0907 e. The van der Waals surface area contributed by atoms with E-state index in [-0.39, 0.29) is 0 Å². The minimum Gasteiger partial charge on any atom is -0.242 e. The highest BCUT2D eigenvalue weighted by Crippen LogP contribution is 2.22. The molecule has 1 nitrogen and oxygen atoms in total. The molecule has 0 aliphatic carbocycles. The van der Waals surface area contributed by atoms with Crippen LogP contribution < -0.4 is 0 Å². The van der Waals surface area contributed by atoms with E-state index in [1.165, 1.54) is 15.8 Å². The molecule has 20 heavy (non-hydrogen) atoms. The van der Waals surface area contributed by atoms with E-state index in [0.29, 0.717) is 0 Å². The third kappa shape index (κ3) is 2.59. The molecule has 1 heterocycles. The Balaban J connectivity index is 1.96. The first-order valence-corrected chi connectivity index (χ1v) is 7.40. The average molecular weight is 277 g/mol. The highest BCUT2D eigenvalue weighted by molar-refractivity contribution is 7.18. The first-order valence-electron chi connectivity index (χ1n) is 6.58. The number of hydrogen-bond donors (Lipinski definition) is 0. The van der Waals surface area contributed by atoms with Gasteiger partial charge in [-0.3, -0.25) is 0 Å². The van der Waals surface area contributed by atoms with Crippen LogP contribution >= 0.6 is 11.3 Å². The summed E-state index contributed by atoms with van der Waals surface area (Å²) in [6.07, 6.45) is 0. The van der Waals surface area contributed by atoms with Crippen LogP contribution in [0.3, 0.4) is 0 Å². The highest BCUT2D eigenvalue weighted by atomic mass is 32.1. The van der Waals surface area contributed by atoms with E-state index in [4.69, 9.17) is 0 Å². The third-order valence-electron chi connectivity index (χ3n) is 3.35. The van der Waals surface area contributed by atoms with Gasteiger partial charge in [0.25, 0.3) is 0 Å². The summed E-state index contributed by atoms with van der Waals surface area (Å²) in [6.45, 7) is 6.27. The molecule has 2 heteroatoms. The summed E-state index contributed by atoms with van der Waals surface area (Å²) in [5, 5.41) is 1.10. The van der Waals surface area contributed by atoms with Crippen molar-refractivity contribution in [3.63, 3.8) is 0 Å². The smallest absolute Gasteiger partial charge is 0.0907 e. The molecule has 0 bridgehead atoms. The zero-order chi connectivity index (χ0) is 14.1. The van der Waals surface area contributed by atoms with Crippen molar-refractivity contribution in [2.45, 2.75) is 20.8 Å². The number of aromatic nitrogens is 1. The molecule has 0 aliphatic rings. The van der Waals surface area contributed by atoms with Crippen LogP contribution in [0.1, 0.15) is 27.3 Å². The van der Waals surface area contributed by atoms with Gasteiger partial charge in [-0.2, -0.15) is 0 Å². The number of nitrogens with zero attached hydrogens (tertiary/aromatic N) is 1. The molecule has 0 N–H and O–H groups in total. The molecule has 98 valence electrons. The first kappa shape index (κ1) is 12.9. The van der Waals surface area contributed by atoms with Crippen molar-refractivity contribution in [3.8, 4) is 11.8 Å². The molecule has 0 spiro atoms. The molecule has 0 saturated heterocycles. The van der Waals surface area contributed by atoms with Gasteiger partial charge in [-0.15, -0.1) is 11.3 Å². The van der Waals surface area contributed by atoms with Gasteiger partial charge in [-0.05, 0) is 62.2 Å². The van der Waals surface area contributed by atoms with Crippen molar-refractivity contribution in [3.05, 3.63) is 63.7 Å². The second-order valence-electron chi connectivity index (χ2n) is 4.96. The SMILES string of the molecule is Cc1nc2ccc(C#Cc3ccc(C)c(C)c3)cc2s1. The van der Waals surface area contributed by atoms with Gasteiger partial charge in [0.2, 0.25) is 0 Å². The van der Waals surface area contributed by atoms with Gasteiger partial charge < -0.3 is 0 Å². The quantitative estimate of drug-likeness (QED) is 0.546. The van der Waals surface area contributed by atoms with E-state index in [1.807, 2.05) is 19.1 Å². The van der Waals surface area contributed by atoms with Crippen LogP contribution in [0.15, 0.2) is 36.4 Å². The number of thiazole rings is 1. The molecule has 0 aliphatic heterocycles. The summed E-state index contributed by atoms with van der Waals surface area (Å²) in [5.74, 6) is 6.47. The number of fused-ring (bicyclic) bond motifs is 1. The zero-order valence-corrected chi connectivity index (χ0v) is 12.6. The molecular weight excluding hydrogens is 262 g/mol. The second kappa shape index (κ2) is 5.11. The molecule has 3 rings (SSSR count). The monoisotopic (exact) mass is 277 g/mol. The molecule has 1 aromatic heterocycles. The normalized spacial score (nSPS) is 10.3. The Hall–Kier alpha value is -2.11. The van der Waals surface area contributed by atoms with E-state index < -0.39 is 0 Å². The van der Waals surface area contributed by atoms with Crippen molar-refractivity contribution < 1.29 is 0 Å². The molecule has 0 unspecified atom stereocenters. The summed E-state index contributed by atoms with van der Waals surface area (Å²) in [7, 11) is 0. The average Bonchev–Trinajstić information content (AvgIpc) is 2.79. The number of benzene rings is 2. The van der Waals surface area contributed by atoms with Crippen molar-refractivity contribution in [1.29, 1.82) is 0 Å². The lowest BCUT2D eigenvalue weighted by atomic mass is 10.1. The molecule has 0 fully saturated rings. The lowest BCUT2D eigenvalue weighted by Crippen LogP contribution is -1.82. The predicted molar refractivity (Wildman–Crippen MR) is 86.3 cm³/mol. The van der Waals surface area contributed by atoms with Gasteiger partial charge in [0.05, 0.1) is 15.2 Å².